The number of carbonyl (C=O) groups is 2. The number of anilines is 1. The number of carbonyl (C=O) groups excluding carboxylic acids is 2. The second-order valence-corrected chi connectivity index (χ2v) is 8.12. The topological polar surface area (TPSA) is 67.4 Å². The van der Waals surface area contributed by atoms with Crippen molar-refractivity contribution in [2.45, 2.75) is 39.5 Å². The average molecular weight is 395 g/mol. The number of benzene rings is 2. The molecule has 5 heteroatoms. The standard InChI is InChI=1S/C24H30N2O3/c1-17(2)16-25-23(27)18-8-10-19(11-9-18)24(28)26-20-12-14-22(15-13-20)29-21-6-4-3-5-7-21/h3-7,12-15,17-19H,8-11,16H2,1-2H3,(H,25,27)(H,26,28). The molecule has 0 aliphatic heterocycles. The molecule has 2 aromatic carbocycles. The molecule has 0 heterocycles. The number of rotatable bonds is 7. The Balaban J connectivity index is 1.45. The minimum atomic E-state index is -0.0376. The maximum absolute atomic E-state index is 12.6. The third kappa shape index (κ3) is 6.34. The van der Waals surface area contributed by atoms with Crippen molar-refractivity contribution in [3.05, 3.63) is 54.6 Å². The first kappa shape index (κ1) is 20.9. The van der Waals surface area contributed by atoms with E-state index < -0.39 is 0 Å². The summed E-state index contributed by atoms with van der Waals surface area (Å²) in [6, 6.07) is 17.0. The Labute approximate surface area is 172 Å². The minimum Gasteiger partial charge on any atom is -0.457 e. The van der Waals surface area contributed by atoms with E-state index in [2.05, 4.69) is 24.5 Å². The fraction of sp³-hybridized carbons (Fsp3) is 0.417. The molecule has 154 valence electrons. The summed E-state index contributed by atoms with van der Waals surface area (Å²) < 4.78 is 5.77. The molecule has 1 aliphatic carbocycles. The molecular weight excluding hydrogens is 364 g/mol. The molecule has 0 bridgehead atoms. The fourth-order valence-corrected chi connectivity index (χ4v) is 3.54. The first-order chi connectivity index (χ1) is 14.0. The van der Waals surface area contributed by atoms with Gasteiger partial charge in [0, 0.05) is 24.1 Å². The molecule has 0 saturated heterocycles. The molecule has 1 saturated carbocycles. The lowest BCUT2D eigenvalue weighted by atomic mass is 9.81. The van der Waals surface area contributed by atoms with Crippen molar-refractivity contribution in [3.8, 4) is 11.5 Å². The predicted molar refractivity (Wildman–Crippen MR) is 115 cm³/mol. The number of ether oxygens (including phenoxy) is 1. The Morgan fingerprint density at radius 3 is 2.00 bits per heavy atom. The van der Waals surface area contributed by atoms with Gasteiger partial charge in [0.05, 0.1) is 0 Å². The zero-order chi connectivity index (χ0) is 20.6. The van der Waals surface area contributed by atoms with Crippen molar-refractivity contribution in [1.29, 1.82) is 0 Å². The highest BCUT2D eigenvalue weighted by Gasteiger charge is 2.29. The molecule has 2 amide bonds. The molecule has 0 atom stereocenters. The third-order valence-corrected chi connectivity index (χ3v) is 5.25. The fourth-order valence-electron chi connectivity index (χ4n) is 3.54. The van der Waals surface area contributed by atoms with E-state index in [4.69, 9.17) is 4.74 Å². The zero-order valence-corrected chi connectivity index (χ0v) is 17.2. The molecule has 1 aliphatic rings. The van der Waals surface area contributed by atoms with Gasteiger partial charge in [-0.3, -0.25) is 9.59 Å². The monoisotopic (exact) mass is 394 g/mol. The average Bonchev–Trinajstić information content (AvgIpc) is 2.74. The van der Waals surface area contributed by atoms with Gasteiger partial charge in [-0.15, -0.1) is 0 Å². The Morgan fingerprint density at radius 2 is 1.41 bits per heavy atom. The van der Waals surface area contributed by atoms with Gasteiger partial charge < -0.3 is 15.4 Å². The first-order valence-electron chi connectivity index (χ1n) is 10.4. The first-order valence-corrected chi connectivity index (χ1v) is 10.4. The highest BCUT2D eigenvalue weighted by molar-refractivity contribution is 5.92. The summed E-state index contributed by atoms with van der Waals surface area (Å²) in [6.07, 6.45) is 3.04. The number of hydrogen-bond acceptors (Lipinski definition) is 3. The van der Waals surface area contributed by atoms with Crippen LogP contribution in [0.3, 0.4) is 0 Å². The largest absolute Gasteiger partial charge is 0.457 e. The number of hydrogen-bond donors (Lipinski definition) is 2. The lowest BCUT2D eigenvalue weighted by Gasteiger charge is -2.27. The molecule has 2 aromatic rings. The summed E-state index contributed by atoms with van der Waals surface area (Å²) in [4.78, 5) is 24.8. The van der Waals surface area contributed by atoms with Crippen LogP contribution in [0.4, 0.5) is 5.69 Å². The Kier molecular flexibility index (Phi) is 7.28. The van der Waals surface area contributed by atoms with Gasteiger partial charge in [-0.2, -0.15) is 0 Å². The van der Waals surface area contributed by atoms with Gasteiger partial charge in [0.25, 0.3) is 0 Å². The molecule has 0 radical (unpaired) electrons. The van der Waals surface area contributed by atoms with Gasteiger partial charge in [0.2, 0.25) is 11.8 Å². The summed E-state index contributed by atoms with van der Waals surface area (Å²) in [5, 5.41) is 6.00. The lowest BCUT2D eigenvalue weighted by Crippen LogP contribution is -2.36. The van der Waals surface area contributed by atoms with Crippen LogP contribution in [0, 0.1) is 17.8 Å². The molecule has 5 nitrogen and oxygen atoms in total. The Hall–Kier alpha value is -2.82. The van der Waals surface area contributed by atoms with Crippen LogP contribution < -0.4 is 15.4 Å². The van der Waals surface area contributed by atoms with Crippen LogP contribution in [0.15, 0.2) is 54.6 Å². The van der Waals surface area contributed by atoms with E-state index in [1.807, 2.05) is 54.6 Å². The van der Waals surface area contributed by atoms with Gasteiger partial charge >= 0.3 is 0 Å². The normalized spacial score (nSPS) is 18.9. The van der Waals surface area contributed by atoms with Gasteiger partial charge in [0.15, 0.2) is 0 Å². The van der Waals surface area contributed by atoms with E-state index in [9.17, 15) is 9.59 Å². The van der Waals surface area contributed by atoms with Crippen molar-refractivity contribution in [1.82, 2.24) is 5.32 Å². The molecule has 29 heavy (non-hydrogen) atoms. The quantitative estimate of drug-likeness (QED) is 0.695. The number of para-hydroxylation sites is 1. The highest BCUT2D eigenvalue weighted by atomic mass is 16.5. The van der Waals surface area contributed by atoms with Crippen molar-refractivity contribution in [3.63, 3.8) is 0 Å². The van der Waals surface area contributed by atoms with E-state index in [1.54, 1.807) is 0 Å². The molecule has 0 aromatic heterocycles. The molecule has 0 spiro atoms. The van der Waals surface area contributed by atoms with E-state index in [0.717, 1.165) is 42.9 Å². The number of nitrogens with one attached hydrogen (secondary N) is 2. The van der Waals surface area contributed by atoms with Crippen molar-refractivity contribution in [2.24, 2.45) is 17.8 Å². The van der Waals surface area contributed by atoms with Gasteiger partial charge in [-0.1, -0.05) is 32.0 Å². The minimum absolute atomic E-state index is 0.0303. The van der Waals surface area contributed by atoms with Crippen molar-refractivity contribution in [2.75, 3.05) is 11.9 Å². The Bertz CT molecular complexity index is 795. The maximum atomic E-state index is 12.6. The van der Waals surface area contributed by atoms with E-state index >= 15 is 0 Å². The SMILES string of the molecule is CC(C)CNC(=O)C1CCC(C(=O)Nc2ccc(Oc3ccccc3)cc2)CC1. The molecule has 3 rings (SSSR count). The highest BCUT2D eigenvalue weighted by Crippen LogP contribution is 2.30. The van der Waals surface area contributed by atoms with Crippen LogP contribution in [0.25, 0.3) is 0 Å². The molecule has 0 unspecified atom stereocenters. The smallest absolute Gasteiger partial charge is 0.227 e. The lowest BCUT2D eigenvalue weighted by molar-refractivity contribution is -0.128. The zero-order valence-electron chi connectivity index (χ0n) is 17.2. The molecular formula is C24H30N2O3. The van der Waals surface area contributed by atoms with E-state index in [-0.39, 0.29) is 23.7 Å². The summed E-state index contributed by atoms with van der Waals surface area (Å²) >= 11 is 0. The van der Waals surface area contributed by atoms with Crippen LogP contribution in [-0.2, 0) is 9.59 Å². The van der Waals surface area contributed by atoms with Crippen LogP contribution in [0.1, 0.15) is 39.5 Å². The van der Waals surface area contributed by atoms with Crippen LogP contribution in [-0.4, -0.2) is 18.4 Å². The molecule has 1 fully saturated rings. The van der Waals surface area contributed by atoms with Gasteiger partial charge in [-0.05, 0) is 68.0 Å². The van der Waals surface area contributed by atoms with Crippen LogP contribution in [0.2, 0.25) is 0 Å². The van der Waals surface area contributed by atoms with Gasteiger partial charge in [0.1, 0.15) is 11.5 Å². The second-order valence-electron chi connectivity index (χ2n) is 8.12. The predicted octanol–water partition coefficient (Wildman–Crippen LogP) is 5.00. The van der Waals surface area contributed by atoms with E-state index in [1.165, 1.54) is 0 Å². The van der Waals surface area contributed by atoms with Gasteiger partial charge in [-0.25, -0.2) is 0 Å². The maximum Gasteiger partial charge on any atom is 0.227 e. The molecule has 2 N–H and O–H groups in total. The van der Waals surface area contributed by atoms with Crippen molar-refractivity contribution >= 4 is 17.5 Å². The third-order valence-electron chi connectivity index (χ3n) is 5.25. The van der Waals surface area contributed by atoms with Crippen LogP contribution >= 0.6 is 0 Å². The summed E-state index contributed by atoms with van der Waals surface area (Å²) in [5.74, 6) is 2.11. The summed E-state index contributed by atoms with van der Waals surface area (Å²) in [6.45, 7) is 4.88. The van der Waals surface area contributed by atoms with Crippen LogP contribution in [0.5, 0.6) is 11.5 Å². The summed E-state index contributed by atoms with van der Waals surface area (Å²) in [5.41, 5.74) is 0.757. The summed E-state index contributed by atoms with van der Waals surface area (Å²) in [7, 11) is 0. The van der Waals surface area contributed by atoms with Crippen molar-refractivity contribution < 1.29 is 14.3 Å². The Morgan fingerprint density at radius 1 is 0.862 bits per heavy atom. The van der Waals surface area contributed by atoms with E-state index in [0.29, 0.717) is 12.5 Å². The second kappa shape index (κ2) is 10.1. The number of amides is 2.